The van der Waals surface area contributed by atoms with E-state index in [0.717, 1.165) is 48.3 Å². The third-order valence-electron chi connectivity index (χ3n) is 9.83. The number of carbonyl (C=O) groups excluding carboxylic acids is 3. The summed E-state index contributed by atoms with van der Waals surface area (Å²) in [7, 11) is 1.41. The summed E-state index contributed by atoms with van der Waals surface area (Å²) in [6.07, 6.45) is 3.01. The van der Waals surface area contributed by atoms with Gasteiger partial charge in [-0.1, -0.05) is 78.9 Å². The molecule has 0 unspecified atom stereocenters. The SMILES string of the molecule is COC(=O)[C@@]1(Cc2ccccc2)[C@H]2c3cc(C(=O)N4CCCC4)n(Cc4ccccc4)c3C[C@H]2CN1C(=O)c1ccccc1. The van der Waals surface area contributed by atoms with Gasteiger partial charge in [0.05, 0.1) is 7.11 Å². The highest BCUT2D eigenvalue weighted by Crippen LogP contribution is 2.55. The molecule has 1 aromatic heterocycles. The average Bonchev–Trinajstić information content (AvgIpc) is 3.85. The lowest BCUT2D eigenvalue weighted by molar-refractivity contribution is -0.153. The highest BCUT2D eigenvalue weighted by molar-refractivity contribution is 6.00. The summed E-state index contributed by atoms with van der Waals surface area (Å²) in [6.45, 7) is 2.51. The molecule has 2 fully saturated rings. The van der Waals surface area contributed by atoms with Gasteiger partial charge in [0.15, 0.2) is 5.54 Å². The summed E-state index contributed by atoms with van der Waals surface area (Å²) in [5.41, 5.74) is 4.06. The highest BCUT2D eigenvalue weighted by atomic mass is 16.5. The van der Waals surface area contributed by atoms with E-state index in [-0.39, 0.29) is 23.7 Å². The van der Waals surface area contributed by atoms with Crippen LogP contribution in [-0.4, -0.2) is 64.4 Å². The normalized spacial score (nSPS) is 22.1. The van der Waals surface area contributed by atoms with Crippen LogP contribution >= 0.6 is 0 Å². The number of esters is 1. The Morgan fingerprint density at radius 1 is 0.818 bits per heavy atom. The fourth-order valence-electron chi connectivity index (χ4n) is 7.91. The lowest BCUT2D eigenvalue weighted by Crippen LogP contribution is -2.58. The quantitative estimate of drug-likeness (QED) is 0.274. The van der Waals surface area contributed by atoms with Gasteiger partial charge < -0.3 is 19.1 Å². The first-order valence-electron chi connectivity index (χ1n) is 15.6. The van der Waals surface area contributed by atoms with Crippen LogP contribution in [0, 0.1) is 5.92 Å². The number of carbonyl (C=O) groups is 3. The number of methoxy groups -OCH3 is 1. The number of rotatable bonds is 7. The molecule has 2 aliphatic heterocycles. The summed E-state index contributed by atoms with van der Waals surface area (Å²) in [5.74, 6) is -0.881. The molecule has 3 heterocycles. The predicted molar refractivity (Wildman–Crippen MR) is 167 cm³/mol. The molecule has 224 valence electrons. The van der Waals surface area contributed by atoms with E-state index < -0.39 is 11.5 Å². The van der Waals surface area contributed by atoms with Crippen LogP contribution in [0.4, 0.5) is 0 Å². The molecule has 7 rings (SSSR count). The predicted octanol–water partition coefficient (Wildman–Crippen LogP) is 5.34. The molecule has 7 nitrogen and oxygen atoms in total. The van der Waals surface area contributed by atoms with E-state index in [1.165, 1.54) is 7.11 Å². The van der Waals surface area contributed by atoms with Crippen molar-refractivity contribution in [1.29, 1.82) is 0 Å². The molecule has 3 aliphatic rings. The summed E-state index contributed by atoms with van der Waals surface area (Å²) >= 11 is 0. The lowest BCUT2D eigenvalue weighted by Gasteiger charge is -2.40. The summed E-state index contributed by atoms with van der Waals surface area (Å²) in [5, 5.41) is 0. The number of aromatic nitrogens is 1. The maximum Gasteiger partial charge on any atom is 0.332 e. The number of ether oxygens (including phenoxy) is 1. The minimum Gasteiger partial charge on any atom is -0.467 e. The van der Waals surface area contributed by atoms with Gasteiger partial charge in [0, 0.05) is 49.8 Å². The van der Waals surface area contributed by atoms with Gasteiger partial charge in [0.2, 0.25) is 0 Å². The largest absolute Gasteiger partial charge is 0.467 e. The van der Waals surface area contributed by atoms with Crippen molar-refractivity contribution in [3.8, 4) is 0 Å². The van der Waals surface area contributed by atoms with E-state index in [4.69, 9.17) is 4.74 Å². The van der Waals surface area contributed by atoms with E-state index in [0.29, 0.717) is 37.2 Å². The molecule has 3 aromatic carbocycles. The monoisotopic (exact) mass is 587 g/mol. The molecule has 1 aliphatic carbocycles. The first-order valence-corrected chi connectivity index (χ1v) is 15.6. The Morgan fingerprint density at radius 3 is 2.07 bits per heavy atom. The van der Waals surface area contributed by atoms with Crippen LogP contribution in [0.25, 0.3) is 0 Å². The molecule has 3 atom stereocenters. The zero-order valence-electron chi connectivity index (χ0n) is 25.0. The Morgan fingerprint density at radius 2 is 1.43 bits per heavy atom. The Bertz CT molecular complexity index is 1680. The maximum atomic E-state index is 14.3. The Labute approximate surface area is 258 Å². The van der Waals surface area contributed by atoms with E-state index in [9.17, 15) is 14.4 Å². The van der Waals surface area contributed by atoms with Gasteiger partial charge >= 0.3 is 5.97 Å². The molecule has 7 heteroatoms. The van der Waals surface area contributed by atoms with Gasteiger partial charge in [-0.3, -0.25) is 9.59 Å². The smallest absolute Gasteiger partial charge is 0.332 e. The van der Waals surface area contributed by atoms with Gasteiger partial charge in [-0.25, -0.2) is 4.79 Å². The Balaban J connectivity index is 1.39. The van der Waals surface area contributed by atoms with Crippen LogP contribution in [0.3, 0.4) is 0 Å². The van der Waals surface area contributed by atoms with Crippen LogP contribution in [0.15, 0.2) is 97.1 Å². The van der Waals surface area contributed by atoms with E-state index >= 15 is 0 Å². The van der Waals surface area contributed by atoms with Crippen molar-refractivity contribution in [3.63, 3.8) is 0 Å². The van der Waals surface area contributed by atoms with Gasteiger partial charge in [-0.15, -0.1) is 0 Å². The second kappa shape index (κ2) is 11.5. The van der Waals surface area contributed by atoms with Gasteiger partial charge in [-0.05, 0) is 60.1 Å². The standard InChI is InChI=1S/C37H37N3O4/c1-44-36(43)37(23-26-13-5-2-6-14-26)33-29(25-40(37)34(41)28-17-9-4-10-18-28)21-31-30(33)22-32(35(42)38-19-11-12-20-38)39(31)24-27-15-7-3-8-16-27/h2-10,13-18,22,29,33H,11-12,19-21,23-25H2,1H3/t29-,33+,37+/m0/s1. The molecule has 0 spiro atoms. The Kier molecular flexibility index (Phi) is 7.32. The summed E-state index contributed by atoms with van der Waals surface area (Å²) in [6, 6.07) is 31.3. The van der Waals surface area contributed by atoms with Crippen molar-refractivity contribution in [2.45, 2.75) is 43.7 Å². The van der Waals surface area contributed by atoms with Gasteiger partial charge in [0.1, 0.15) is 5.69 Å². The molecule has 4 aromatic rings. The van der Waals surface area contributed by atoms with Crippen molar-refractivity contribution in [2.75, 3.05) is 26.7 Å². The number of hydrogen-bond donors (Lipinski definition) is 0. The fourth-order valence-corrected chi connectivity index (χ4v) is 7.91. The minimum absolute atomic E-state index is 0.00781. The fraction of sp³-hybridized carbons (Fsp3) is 0.324. The van der Waals surface area contributed by atoms with Crippen LogP contribution in [0.1, 0.15) is 62.0 Å². The molecule has 2 amide bonds. The average molecular weight is 588 g/mol. The number of amides is 2. The van der Waals surface area contributed by atoms with Crippen LogP contribution in [-0.2, 0) is 28.9 Å². The maximum absolute atomic E-state index is 14.3. The number of benzene rings is 3. The Hall–Kier alpha value is -4.65. The van der Waals surface area contributed by atoms with Crippen molar-refractivity contribution >= 4 is 17.8 Å². The molecule has 44 heavy (non-hydrogen) atoms. The van der Waals surface area contributed by atoms with Crippen molar-refractivity contribution in [2.24, 2.45) is 5.92 Å². The zero-order chi connectivity index (χ0) is 30.3. The first kappa shape index (κ1) is 28.1. The number of fused-ring (bicyclic) bond motifs is 3. The third-order valence-corrected chi connectivity index (χ3v) is 9.83. The molecule has 0 radical (unpaired) electrons. The molecular formula is C37H37N3O4. The lowest BCUT2D eigenvalue weighted by atomic mass is 9.75. The van der Waals surface area contributed by atoms with Crippen molar-refractivity contribution < 1.29 is 19.1 Å². The molecular weight excluding hydrogens is 550 g/mol. The van der Waals surface area contributed by atoms with E-state index in [2.05, 4.69) is 16.7 Å². The first-order chi connectivity index (χ1) is 21.5. The van der Waals surface area contributed by atoms with Crippen molar-refractivity contribution in [1.82, 2.24) is 14.4 Å². The van der Waals surface area contributed by atoms with Crippen LogP contribution in [0.5, 0.6) is 0 Å². The number of nitrogens with zero attached hydrogens (tertiary/aromatic N) is 3. The molecule has 0 saturated carbocycles. The molecule has 2 saturated heterocycles. The molecule has 0 bridgehead atoms. The van der Waals surface area contributed by atoms with E-state index in [1.54, 1.807) is 17.0 Å². The minimum atomic E-state index is -1.27. The second-order valence-corrected chi connectivity index (χ2v) is 12.3. The van der Waals surface area contributed by atoms with Crippen molar-refractivity contribution in [3.05, 3.63) is 131 Å². The van der Waals surface area contributed by atoms with Crippen LogP contribution < -0.4 is 0 Å². The van der Waals surface area contributed by atoms with Gasteiger partial charge in [0.25, 0.3) is 11.8 Å². The summed E-state index contributed by atoms with van der Waals surface area (Å²) in [4.78, 5) is 46.3. The van der Waals surface area contributed by atoms with E-state index in [1.807, 2.05) is 77.7 Å². The number of likely N-dealkylation sites (tertiary alicyclic amines) is 2. The summed E-state index contributed by atoms with van der Waals surface area (Å²) < 4.78 is 7.77. The second-order valence-electron chi connectivity index (χ2n) is 12.3. The topological polar surface area (TPSA) is 71.9 Å². The van der Waals surface area contributed by atoms with Crippen LogP contribution in [0.2, 0.25) is 0 Å². The third kappa shape index (κ3) is 4.62. The highest BCUT2D eigenvalue weighted by Gasteiger charge is 2.64. The molecule has 0 N–H and O–H groups in total. The van der Waals surface area contributed by atoms with Gasteiger partial charge in [-0.2, -0.15) is 0 Å². The zero-order valence-corrected chi connectivity index (χ0v) is 25.0. The number of hydrogen-bond acceptors (Lipinski definition) is 4.